The maximum absolute atomic E-state index is 11.0. The van der Waals surface area contributed by atoms with E-state index in [0.29, 0.717) is 0 Å². The number of thiol groups is 1. The number of carbonyl (C=O) groups excluding carboxylic acids is 1. The summed E-state index contributed by atoms with van der Waals surface area (Å²) >= 11 is 4.10. The zero-order chi connectivity index (χ0) is 8.10. The van der Waals surface area contributed by atoms with Crippen LogP contribution in [0.5, 0.6) is 0 Å². The number of carbonyl (C=O) groups is 1. The van der Waals surface area contributed by atoms with Gasteiger partial charge in [0.15, 0.2) is 0 Å². The Morgan fingerprint density at radius 2 is 2.36 bits per heavy atom. The van der Waals surface area contributed by atoms with Gasteiger partial charge in [0, 0.05) is 19.6 Å². The van der Waals surface area contributed by atoms with E-state index in [9.17, 15) is 4.79 Å². The quantitative estimate of drug-likeness (QED) is 0.478. The number of rotatable bonds is 4. The molecule has 2 amide bonds. The van der Waals surface area contributed by atoms with Crippen LogP contribution in [-0.2, 0) is 0 Å². The molecule has 1 N–H and O–H groups in total. The summed E-state index contributed by atoms with van der Waals surface area (Å²) < 4.78 is 0. The number of nitrogens with zero attached hydrogens (tertiary/aromatic N) is 1. The first-order valence-corrected chi connectivity index (χ1v) is 4.61. The first-order valence-electron chi connectivity index (χ1n) is 3.98. The number of nitrogens with one attached hydrogen (secondary N) is 1. The molecule has 1 aliphatic heterocycles. The minimum Gasteiger partial charge on any atom is -0.336 e. The molecule has 0 aliphatic carbocycles. The van der Waals surface area contributed by atoms with Gasteiger partial charge in [-0.2, -0.15) is 12.6 Å². The van der Waals surface area contributed by atoms with Crippen molar-refractivity contribution in [2.45, 2.75) is 12.8 Å². The highest BCUT2D eigenvalue weighted by Crippen LogP contribution is 2.00. The first-order chi connectivity index (χ1) is 5.34. The summed E-state index contributed by atoms with van der Waals surface area (Å²) in [4.78, 5) is 12.8. The number of urea groups is 1. The van der Waals surface area contributed by atoms with Crippen molar-refractivity contribution in [2.24, 2.45) is 0 Å². The molecule has 0 aromatic rings. The summed E-state index contributed by atoms with van der Waals surface area (Å²) in [5.41, 5.74) is 0. The van der Waals surface area contributed by atoms with Crippen molar-refractivity contribution in [1.29, 1.82) is 0 Å². The molecule has 0 radical (unpaired) electrons. The second-order valence-corrected chi connectivity index (χ2v) is 3.10. The average molecular weight is 174 g/mol. The smallest absolute Gasteiger partial charge is 0.317 e. The number of unbranched alkanes of at least 4 members (excludes halogenated alkanes) is 1. The molecule has 4 heteroatoms. The van der Waals surface area contributed by atoms with Crippen molar-refractivity contribution >= 4 is 18.7 Å². The molecule has 0 aromatic carbocycles. The van der Waals surface area contributed by atoms with Crippen LogP contribution in [0.15, 0.2) is 0 Å². The maximum atomic E-state index is 11.0. The minimum atomic E-state index is 0.0872. The SMILES string of the molecule is O=C1NCCN1CCCCS. The molecule has 0 bridgehead atoms. The number of hydrogen-bond donors (Lipinski definition) is 2. The summed E-state index contributed by atoms with van der Waals surface area (Å²) in [6, 6.07) is 0.0872. The molecular formula is C7H14N2OS. The normalized spacial score (nSPS) is 17.2. The van der Waals surface area contributed by atoms with Gasteiger partial charge in [-0.05, 0) is 18.6 Å². The van der Waals surface area contributed by atoms with Crippen molar-refractivity contribution < 1.29 is 4.79 Å². The fourth-order valence-electron chi connectivity index (χ4n) is 1.14. The molecule has 64 valence electrons. The second kappa shape index (κ2) is 4.49. The van der Waals surface area contributed by atoms with E-state index in [1.54, 1.807) is 0 Å². The lowest BCUT2D eigenvalue weighted by Gasteiger charge is -2.12. The fourth-order valence-corrected chi connectivity index (χ4v) is 1.36. The predicted octanol–water partition coefficient (Wildman–Crippen LogP) is 0.722. The zero-order valence-electron chi connectivity index (χ0n) is 6.55. The lowest BCUT2D eigenvalue weighted by Crippen LogP contribution is -2.28. The van der Waals surface area contributed by atoms with E-state index in [2.05, 4.69) is 17.9 Å². The van der Waals surface area contributed by atoms with Crippen LogP contribution in [0.3, 0.4) is 0 Å². The molecule has 3 nitrogen and oxygen atoms in total. The van der Waals surface area contributed by atoms with Gasteiger partial charge in [0.1, 0.15) is 0 Å². The van der Waals surface area contributed by atoms with Gasteiger partial charge in [-0.15, -0.1) is 0 Å². The Hall–Kier alpha value is -0.380. The summed E-state index contributed by atoms with van der Waals surface area (Å²) in [6.45, 7) is 2.55. The van der Waals surface area contributed by atoms with Crippen LogP contribution in [-0.4, -0.2) is 36.3 Å². The van der Waals surface area contributed by atoms with Gasteiger partial charge in [0.2, 0.25) is 0 Å². The van der Waals surface area contributed by atoms with Gasteiger partial charge < -0.3 is 10.2 Å². The average Bonchev–Trinajstić information content (AvgIpc) is 2.37. The van der Waals surface area contributed by atoms with Crippen molar-refractivity contribution in [3.05, 3.63) is 0 Å². The summed E-state index contributed by atoms with van der Waals surface area (Å²) in [6.07, 6.45) is 2.16. The topological polar surface area (TPSA) is 32.3 Å². The van der Waals surface area contributed by atoms with E-state index in [0.717, 1.165) is 38.2 Å². The largest absolute Gasteiger partial charge is 0.336 e. The third-order valence-corrected chi connectivity index (χ3v) is 2.10. The molecule has 1 heterocycles. The highest BCUT2D eigenvalue weighted by Gasteiger charge is 2.17. The van der Waals surface area contributed by atoms with Gasteiger partial charge in [-0.25, -0.2) is 4.79 Å². The van der Waals surface area contributed by atoms with Crippen LogP contribution in [0, 0.1) is 0 Å². The molecule has 1 fully saturated rings. The van der Waals surface area contributed by atoms with Gasteiger partial charge in [0.05, 0.1) is 0 Å². The van der Waals surface area contributed by atoms with Gasteiger partial charge >= 0.3 is 6.03 Å². The molecule has 0 aromatic heterocycles. The van der Waals surface area contributed by atoms with Gasteiger partial charge in [-0.1, -0.05) is 0 Å². The molecule has 11 heavy (non-hydrogen) atoms. The van der Waals surface area contributed by atoms with Crippen LogP contribution in [0.25, 0.3) is 0 Å². The molecule has 1 saturated heterocycles. The highest BCUT2D eigenvalue weighted by molar-refractivity contribution is 7.80. The van der Waals surface area contributed by atoms with Crippen LogP contribution < -0.4 is 5.32 Å². The zero-order valence-corrected chi connectivity index (χ0v) is 7.44. The molecule has 0 spiro atoms. The maximum Gasteiger partial charge on any atom is 0.317 e. The highest BCUT2D eigenvalue weighted by atomic mass is 32.1. The van der Waals surface area contributed by atoms with E-state index in [-0.39, 0.29) is 6.03 Å². The standard InChI is InChI=1S/C7H14N2OS/c10-7-8-3-5-9(7)4-1-2-6-11/h11H,1-6H2,(H,8,10). The van der Waals surface area contributed by atoms with E-state index in [4.69, 9.17) is 0 Å². The van der Waals surface area contributed by atoms with Gasteiger partial charge in [0.25, 0.3) is 0 Å². The van der Waals surface area contributed by atoms with E-state index in [1.807, 2.05) is 4.90 Å². The number of hydrogen-bond acceptors (Lipinski definition) is 2. The summed E-state index contributed by atoms with van der Waals surface area (Å²) in [7, 11) is 0. The van der Waals surface area contributed by atoms with Gasteiger partial charge in [-0.3, -0.25) is 0 Å². The lowest BCUT2D eigenvalue weighted by atomic mass is 10.3. The van der Waals surface area contributed by atoms with Crippen LogP contribution in [0.2, 0.25) is 0 Å². The Labute approximate surface area is 72.5 Å². The predicted molar refractivity (Wildman–Crippen MR) is 48.1 cm³/mol. The van der Waals surface area contributed by atoms with Crippen molar-refractivity contribution in [1.82, 2.24) is 10.2 Å². The Morgan fingerprint density at radius 1 is 1.55 bits per heavy atom. The molecule has 0 atom stereocenters. The van der Waals surface area contributed by atoms with Crippen LogP contribution in [0.4, 0.5) is 4.79 Å². The van der Waals surface area contributed by atoms with Crippen molar-refractivity contribution in [2.75, 3.05) is 25.4 Å². The Morgan fingerprint density at radius 3 is 2.91 bits per heavy atom. The van der Waals surface area contributed by atoms with E-state index in [1.165, 1.54) is 0 Å². The van der Waals surface area contributed by atoms with Crippen molar-refractivity contribution in [3.8, 4) is 0 Å². The monoisotopic (exact) mass is 174 g/mol. The third kappa shape index (κ3) is 2.61. The summed E-state index contributed by atoms with van der Waals surface area (Å²) in [5.74, 6) is 0.912. The number of amides is 2. The Balaban J connectivity index is 2.10. The second-order valence-electron chi connectivity index (χ2n) is 2.65. The Kier molecular flexibility index (Phi) is 3.56. The van der Waals surface area contributed by atoms with E-state index < -0.39 is 0 Å². The molecule has 1 aliphatic rings. The van der Waals surface area contributed by atoms with E-state index >= 15 is 0 Å². The molecular weight excluding hydrogens is 160 g/mol. The molecule has 0 unspecified atom stereocenters. The fraction of sp³-hybridized carbons (Fsp3) is 0.857. The summed E-state index contributed by atoms with van der Waals surface area (Å²) in [5, 5.41) is 2.76. The molecule has 0 saturated carbocycles. The third-order valence-electron chi connectivity index (χ3n) is 1.78. The Bertz CT molecular complexity index is 140. The van der Waals surface area contributed by atoms with Crippen LogP contribution >= 0.6 is 12.6 Å². The minimum absolute atomic E-state index is 0.0872. The van der Waals surface area contributed by atoms with Crippen molar-refractivity contribution in [3.63, 3.8) is 0 Å². The first kappa shape index (κ1) is 8.71. The lowest BCUT2D eigenvalue weighted by molar-refractivity contribution is 0.217. The molecule has 1 rings (SSSR count). The van der Waals surface area contributed by atoms with Crippen LogP contribution in [0.1, 0.15) is 12.8 Å².